The monoisotopic (exact) mass is 882 g/mol. The van der Waals surface area contributed by atoms with Crippen LogP contribution in [-0.2, 0) is 25.4 Å². The molecule has 2 aromatic rings. The van der Waals surface area contributed by atoms with Crippen molar-refractivity contribution in [2.24, 2.45) is 0 Å². The van der Waals surface area contributed by atoms with Crippen molar-refractivity contribution in [3.05, 3.63) is 64.8 Å². The lowest BCUT2D eigenvalue weighted by molar-refractivity contribution is -0.155. The molecule has 0 aromatic heterocycles. The van der Waals surface area contributed by atoms with Crippen LogP contribution in [0.1, 0.15) is 51.6 Å². The summed E-state index contributed by atoms with van der Waals surface area (Å²) in [6.07, 6.45) is -0.449. The number of phenolic OH excluding ortho intramolecular Hbond substituents is 1. The summed E-state index contributed by atoms with van der Waals surface area (Å²) in [4.78, 5) is 43.5. The van der Waals surface area contributed by atoms with Gasteiger partial charge in [0.15, 0.2) is 23.0 Å². The Morgan fingerprint density at radius 3 is 2.45 bits per heavy atom. The molecule has 312 valence electrons. The lowest BCUT2D eigenvalue weighted by Gasteiger charge is -2.61. The van der Waals surface area contributed by atoms with E-state index in [1.807, 2.05) is 13.0 Å². The molecule has 0 saturated carbocycles. The summed E-state index contributed by atoms with van der Waals surface area (Å²) in [7, 11) is 1.48. The molecule has 0 aliphatic carbocycles. The molecule has 3 N–H and O–H groups in total. The Balaban J connectivity index is 1.53. The summed E-state index contributed by atoms with van der Waals surface area (Å²) >= 11 is 21.3. The Kier molecular flexibility index (Phi) is 13.0. The summed E-state index contributed by atoms with van der Waals surface area (Å²) in [5.74, 6) is -0.551. The van der Waals surface area contributed by atoms with E-state index in [1.165, 1.54) is 18.1 Å². The quantitative estimate of drug-likeness (QED) is 0.0713. The van der Waals surface area contributed by atoms with Gasteiger partial charge in [0.1, 0.15) is 50.4 Å². The fourth-order valence-electron chi connectivity index (χ4n) is 8.25. The van der Waals surface area contributed by atoms with Crippen LogP contribution >= 0.6 is 47.4 Å². The van der Waals surface area contributed by atoms with Crippen LogP contribution in [0.15, 0.2) is 31.4 Å². The molecule has 2 amide bonds. The maximum Gasteiger partial charge on any atom is 0.411 e. The smallest absolute Gasteiger partial charge is 0.411 e. The van der Waals surface area contributed by atoms with E-state index in [0.717, 1.165) is 11.1 Å². The molecule has 4 aliphatic rings. The second kappa shape index (κ2) is 17.4. The summed E-state index contributed by atoms with van der Waals surface area (Å²) < 4.78 is 38.3. The minimum atomic E-state index is -1.91. The molecular formula is C38H41Cl3N4O12S. The van der Waals surface area contributed by atoms with Crippen LogP contribution in [0.5, 0.6) is 28.7 Å². The number of thiol groups is 1. The number of amides is 2. The Morgan fingerprint density at radius 2 is 1.81 bits per heavy atom. The van der Waals surface area contributed by atoms with Crippen molar-refractivity contribution in [3.63, 3.8) is 0 Å². The Bertz CT molecular complexity index is 2040. The van der Waals surface area contributed by atoms with Crippen LogP contribution in [0.2, 0.25) is 0 Å². The number of aliphatic hydroxyl groups excluding tert-OH is 1. The number of piperazine rings is 1. The highest BCUT2D eigenvalue weighted by atomic mass is 35.6. The van der Waals surface area contributed by atoms with Crippen LogP contribution in [0.3, 0.4) is 0 Å². The van der Waals surface area contributed by atoms with Crippen molar-refractivity contribution in [2.75, 3.05) is 46.1 Å². The summed E-state index contributed by atoms with van der Waals surface area (Å²) in [5, 5.41) is 38.0. The summed E-state index contributed by atoms with van der Waals surface area (Å²) in [6.45, 7) is 9.39. The molecule has 16 nitrogen and oxygen atoms in total. The number of aliphatic hydroxyl groups is 1. The van der Waals surface area contributed by atoms with E-state index in [2.05, 4.69) is 37.2 Å². The van der Waals surface area contributed by atoms with Crippen LogP contribution in [0.25, 0.3) is 0 Å². The fourth-order valence-corrected chi connectivity index (χ4v) is 8.66. The van der Waals surface area contributed by atoms with Crippen LogP contribution < -0.4 is 24.3 Å². The van der Waals surface area contributed by atoms with Gasteiger partial charge >= 0.3 is 18.2 Å². The van der Waals surface area contributed by atoms with Gasteiger partial charge in [-0.2, -0.15) is 17.9 Å². The molecule has 0 unspecified atom stereocenters. The first-order valence-electron chi connectivity index (χ1n) is 17.9. The normalized spacial score (nSPS) is 23.2. The van der Waals surface area contributed by atoms with E-state index in [0.29, 0.717) is 11.3 Å². The van der Waals surface area contributed by atoms with Gasteiger partial charge in [0.2, 0.25) is 10.6 Å². The van der Waals surface area contributed by atoms with Crippen molar-refractivity contribution in [3.8, 4) is 34.8 Å². The topological polar surface area (TPSA) is 199 Å². The third-order valence-corrected chi connectivity index (χ3v) is 11.1. The number of rotatable bonds is 12. The van der Waals surface area contributed by atoms with Gasteiger partial charge in [0, 0.05) is 28.0 Å². The van der Waals surface area contributed by atoms with Gasteiger partial charge in [0.25, 0.3) is 0 Å². The molecule has 4 aliphatic heterocycles. The number of carbonyl (C=O) groups excluding carboxylic acids is 3. The number of phenols is 1. The fraction of sp³-hybridized carbons (Fsp3) is 0.474. The third-order valence-electron chi connectivity index (χ3n) is 10.4. The number of halogens is 3. The number of esters is 1. The first kappa shape index (κ1) is 43.1. The van der Waals surface area contributed by atoms with E-state index >= 15 is 0 Å². The second-order valence-electron chi connectivity index (χ2n) is 13.8. The molecule has 1 saturated heterocycles. The Morgan fingerprint density at radius 1 is 1.10 bits per heavy atom. The highest BCUT2D eigenvalue weighted by Crippen LogP contribution is 2.61. The van der Waals surface area contributed by atoms with Gasteiger partial charge in [-0.1, -0.05) is 66.2 Å². The number of ether oxygens (including phenoxy) is 7. The molecule has 0 radical (unpaired) electrons. The number of nitriles is 1. The highest BCUT2D eigenvalue weighted by Gasteiger charge is 2.62. The van der Waals surface area contributed by atoms with Crippen LogP contribution in [0.4, 0.5) is 9.59 Å². The molecule has 2 aromatic carbocycles. The maximum absolute atomic E-state index is 14.2. The highest BCUT2D eigenvalue weighted by molar-refractivity contribution is 7.80. The number of nitrogens with zero attached hydrogens (tertiary/aromatic N) is 3. The Hall–Kier alpha value is -4.44. The largest absolute Gasteiger partial charge is 0.507 e. The number of fused-ring (bicyclic) bond motifs is 9. The minimum Gasteiger partial charge on any atom is -0.507 e. The summed E-state index contributed by atoms with van der Waals surface area (Å²) in [6, 6.07) is -2.75. The van der Waals surface area contributed by atoms with Crippen molar-refractivity contribution >= 4 is 65.6 Å². The molecule has 20 heteroatoms. The van der Waals surface area contributed by atoms with E-state index in [9.17, 15) is 29.9 Å². The summed E-state index contributed by atoms with van der Waals surface area (Å²) in [5.41, 5.74) is 2.34. The van der Waals surface area contributed by atoms with Gasteiger partial charge in [-0.3, -0.25) is 9.80 Å². The number of nitrogens with one attached hydrogen (secondary N) is 1. The number of methoxy groups -OCH3 is 1. The van der Waals surface area contributed by atoms with Gasteiger partial charge in [-0.15, -0.1) is 0 Å². The van der Waals surface area contributed by atoms with E-state index < -0.39 is 77.5 Å². The van der Waals surface area contributed by atoms with Gasteiger partial charge in [-0.25, -0.2) is 14.4 Å². The first-order valence-corrected chi connectivity index (χ1v) is 19.7. The first-order chi connectivity index (χ1) is 27.6. The molecule has 4 heterocycles. The zero-order valence-electron chi connectivity index (χ0n) is 31.5. The Labute approximate surface area is 354 Å². The lowest BCUT2D eigenvalue weighted by Crippen LogP contribution is -2.71. The second-order valence-corrected chi connectivity index (χ2v) is 16.6. The van der Waals surface area contributed by atoms with Gasteiger partial charge in [0.05, 0.1) is 37.3 Å². The zero-order valence-corrected chi connectivity index (χ0v) is 34.7. The zero-order chi connectivity index (χ0) is 42.2. The van der Waals surface area contributed by atoms with Crippen molar-refractivity contribution in [1.29, 1.82) is 5.26 Å². The standard InChI is InChI=1S/C38H41Cl3N4O12S/c1-6-8-52-33-24-19(10-17(3)31(33)51-5)11-21-22(12-42)44-23(13-54-35(48)20(14-58)43-36(49)55-15-38(39,40)41)25-26(29(46)18(4)32-34(25)57-16-56-32)30(47)28(44)27(24)45(21)37(50)53-9-7-2/h6-7,10,20-23,27-28,30,46-47,58H,1-2,8-9,11,13-16H2,3-5H3,(H,43,49)/t20-,21-,22-,23-,27+,28+,30-/m0/s1. The van der Waals surface area contributed by atoms with Crippen molar-refractivity contribution in [2.45, 2.75) is 66.4 Å². The van der Waals surface area contributed by atoms with Crippen molar-refractivity contribution in [1.82, 2.24) is 15.1 Å². The van der Waals surface area contributed by atoms with Gasteiger partial charge in [-0.05, 0) is 31.4 Å². The van der Waals surface area contributed by atoms with E-state index in [1.54, 1.807) is 17.9 Å². The average Bonchev–Trinajstić information content (AvgIpc) is 3.68. The van der Waals surface area contributed by atoms with Crippen molar-refractivity contribution < 1.29 is 57.8 Å². The number of aromatic hydroxyl groups is 1. The minimum absolute atomic E-state index is 0.00230. The predicted octanol–water partition coefficient (Wildman–Crippen LogP) is 5.20. The van der Waals surface area contributed by atoms with E-state index in [4.69, 9.17) is 68.0 Å². The number of hydrogen-bond acceptors (Lipinski definition) is 15. The predicted molar refractivity (Wildman–Crippen MR) is 212 cm³/mol. The molecule has 1 fully saturated rings. The lowest BCUT2D eigenvalue weighted by atomic mass is 9.70. The SMILES string of the molecule is C=CCOC(=O)N1[C@@H]2c3c(cc(C)c(OC)c3OCC=C)C[C@H]1[C@H](C#N)N1[C@H]2[C@@H](O)c2c(O)c(C)c3c(c2[C@@H]1COC(=O)[C@H](CS)NC(=O)OCC(Cl)(Cl)Cl)OCO3. The molecule has 58 heavy (non-hydrogen) atoms. The molecule has 2 bridgehead atoms. The number of carbonyl (C=O) groups is 3. The number of hydrogen-bond donors (Lipinski definition) is 4. The number of benzene rings is 2. The average molecular weight is 884 g/mol. The van der Waals surface area contributed by atoms with Crippen LogP contribution in [0, 0.1) is 25.2 Å². The maximum atomic E-state index is 14.2. The van der Waals surface area contributed by atoms with Gasteiger partial charge < -0.3 is 48.7 Å². The third kappa shape index (κ3) is 7.73. The van der Waals surface area contributed by atoms with Crippen LogP contribution in [-0.4, -0.2) is 112 Å². The molecule has 7 atom stereocenters. The molecular weight excluding hydrogens is 843 g/mol. The number of aryl methyl sites for hydroxylation is 1. The van der Waals surface area contributed by atoms with E-state index in [-0.39, 0.29) is 71.9 Å². The number of alkyl carbamates (subject to hydrolysis) is 1. The molecule has 0 spiro atoms. The molecule has 6 rings (SSSR count). The number of alkyl halides is 3.